The zero-order chi connectivity index (χ0) is 16.1. The molecule has 0 amide bonds. The second kappa shape index (κ2) is 7.15. The predicted molar refractivity (Wildman–Crippen MR) is 88.7 cm³/mol. The van der Waals surface area contributed by atoms with E-state index in [4.69, 9.17) is 14.3 Å². The molecule has 0 radical (unpaired) electrons. The smallest absolute Gasteiger partial charge is 0.202 e. The van der Waals surface area contributed by atoms with Crippen LogP contribution in [0.1, 0.15) is 31.2 Å². The molecule has 2 aromatic rings. The standard InChI is InChI=1S/C18H20N2O3/c1-3-21-15-11-10-14(12-16(15)22-4-2)18-19-17(20-23-18)13-8-6-5-7-9-13/h5-12,18H,3-4H2,1-2H3,(H,19,20). The van der Waals surface area contributed by atoms with Gasteiger partial charge in [0.05, 0.1) is 13.2 Å². The van der Waals surface area contributed by atoms with Gasteiger partial charge in [0.15, 0.2) is 17.3 Å². The van der Waals surface area contributed by atoms with Crippen LogP contribution < -0.4 is 15.0 Å². The van der Waals surface area contributed by atoms with Gasteiger partial charge in [0.1, 0.15) is 0 Å². The summed E-state index contributed by atoms with van der Waals surface area (Å²) in [5.41, 5.74) is 4.79. The van der Waals surface area contributed by atoms with Crippen LogP contribution in [0.2, 0.25) is 0 Å². The number of amidine groups is 1. The molecule has 0 aliphatic carbocycles. The predicted octanol–water partition coefficient (Wildman–Crippen LogP) is 3.46. The molecule has 1 heterocycles. The molecule has 0 bridgehead atoms. The average molecular weight is 312 g/mol. The van der Waals surface area contributed by atoms with E-state index in [0.29, 0.717) is 19.0 Å². The molecular formula is C18H20N2O3. The van der Waals surface area contributed by atoms with Gasteiger partial charge in [-0.05, 0) is 26.0 Å². The molecule has 5 heteroatoms. The van der Waals surface area contributed by atoms with Crippen molar-refractivity contribution in [2.75, 3.05) is 13.2 Å². The largest absolute Gasteiger partial charge is 0.490 e. The fourth-order valence-electron chi connectivity index (χ4n) is 2.37. The molecule has 0 spiro atoms. The van der Waals surface area contributed by atoms with E-state index in [0.717, 1.165) is 22.7 Å². The maximum atomic E-state index is 5.65. The third-order valence-electron chi connectivity index (χ3n) is 3.41. The van der Waals surface area contributed by atoms with Crippen molar-refractivity contribution in [2.45, 2.75) is 20.1 Å². The Labute approximate surface area is 135 Å². The van der Waals surface area contributed by atoms with Gasteiger partial charge in [-0.2, -0.15) is 0 Å². The molecule has 1 atom stereocenters. The van der Waals surface area contributed by atoms with Crippen LogP contribution >= 0.6 is 0 Å². The van der Waals surface area contributed by atoms with Gasteiger partial charge >= 0.3 is 0 Å². The van der Waals surface area contributed by atoms with Crippen molar-refractivity contribution < 1.29 is 14.3 Å². The second-order valence-corrected chi connectivity index (χ2v) is 4.99. The maximum absolute atomic E-state index is 5.65. The number of nitrogens with one attached hydrogen (secondary N) is 1. The Kier molecular flexibility index (Phi) is 4.78. The fraction of sp³-hybridized carbons (Fsp3) is 0.278. The summed E-state index contributed by atoms with van der Waals surface area (Å²) in [6.45, 7) is 5.06. The molecule has 23 heavy (non-hydrogen) atoms. The van der Waals surface area contributed by atoms with Gasteiger partial charge in [-0.25, -0.2) is 15.3 Å². The molecule has 0 aromatic heterocycles. The Balaban J connectivity index is 1.84. The molecule has 0 saturated heterocycles. The lowest BCUT2D eigenvalue weighted by atomic mass is 10.1. The topological polar surface area (TPSA) is 52.1 Å². The highest BCUT2D eigenvalue weighted by Crippen LogP contribution is 2.33. The van der Waals surface area contributed by atoms with Gasteiger partial charge in [0.2, 0.25) is 6.23 Å². The van der Waals surface area contributed by atoms with Gasteiger partial charge in [0, 0.05) is 11.1 Å². The number of aliphatic imine (C=N–C) groups is 1. The van der Waals surface area contributed by atoms with Crippen LogP contribution in [-0.2, 0) is 4.84 Å². The van der Waals surface area contributed by atoms with Crippen molar-refractivity contribution >= 4 is 5.84 Å². The average Bonchev–Trinajstić information content (AvgIpc) is 3.08. The molecular weight excluding hydrogens is 292 g/mol. The summed E-state index contributed by atoms with van der Waals surface area (Å²) in [5, 5.41) is 0. The number of hydroxylamine groups is 1. The first-order valence-electron chi connectivity index (χ1n) is 7.76. The van der Waals surface area contributed by atoms with Crippen LogP contribution in [0.25, 0.3) is 0 Å². The maximum Gasteiger partial charge on any atom is 0.202 e. The molecule has 0 fully saturated rings. The Morgan fingerprint density at radius 1 is 1.00 bits per heavy atom. The summed E-state index contributed by atoms with van der Waals surface area (Å²) >= 11 is 0. The van der Waals surface area contributed by atoms with E-state index in [2.05, 4.69) is 10.5 Å². The number of hydrogen-bond acceptors (Lipinski definition) is 5. The van der Waals surface area contributed by atoms with Crippen molar-refractivity contribution in [1.82, 2.24) is 5.48 Å². The van der Waals surface area contributed by atoms with Gasteiger partial charge in [0.25, 0.3) is 0 Å². The molecule has 5 nitrogen and oxygen atoms in total. The van der Waals surface area contributed by atoms with Crippen molar-refractivity contribution in [1.29, 1.82) is 0 Å². The molecule has 1 aliphatic heterocycles. The minimum Gasteiger partial charge on any atom is -0.490 e. The SMILES string of the molecule is CCOc1ccc(C2N=C(c3ccccc3)NO2)cc1OCC. The highest BCUT2D eigenvalue weighted by atomic mass is 16.7. The van der Waals surface area contributed by atoms with E-state index in [1.165, 1.54) is 0 Å². The van der Waals surface area contributed by atoms with Crippen LogP contribution in [0.3, 0.4) is 0 Å². The lowest BCUT2D eigenvalue weighted by Gasteiger charge is -2.13. The zero-order valence-electron chi connectivity index (χ0n) is 13.3. The number of nitrogens with zero attached hydrogens (tertiary/aromatic N) is 1. The van der Waals surface area contributed by atoms with E-state index in [9.17, 15) is 0 Å². The van der Waals surface area contributed by atoms with Crippen molar-refractivity contribution in [3.05, 3.63) is 59.7 Å². The van der Waals surface area contributed by atoms with Gasteiger partial charge in [-0.1, -0.05) is 36.4 Å². The second-order valence-electron chi connectivity index (χ2n) is 4.99. The van der Waals surface area contributed by atoms with Crippen LogP contribution in [0.5, 0.6) is 11.5 Å². The first-order chi connectivity index (χ1) is 11.3. The highest BCUT2D eigenvalue weighted by Gasteiger charge is 2.22. The minimum absolute atomic E-state index is 0.403. The van der Waals surface area contributed by atoms with Crippen molar-refractivity contribution in [3.63, 3.8) is 0 Å². The molecule has 1 N–H and O–H groups in total. The van der Waals surface area contributed by atoms with E-state index in [-0.39, 0.29) is 0 Å². The third-order valence-corrected chi connectivity index (χ3v) is 3.41. The number of hydrogen-bond donors (Lipinski definition) is 1. The summed E-state index contributed by atoms with van der Waals surface area (Å²) in [4.78, 5) is 10.2. The van der Waals surface area contributed by atoms with E-state index < -0.39 is 6.23 Å². The van der Waals surface area contributed by atoms with Crippen LogP contribution in [0.15, 0.2) is 53.5 Å². The van der Waals surface area contributed by atoms with Gasteiger partial charge < -0.3 is 9.47 Å². The summed E-state index contributed by atoms with van der Waals surface area (Å²) in [5.74, 6) is 2.16. The molecule has 1 unspecified atom stereocenters. The highest BCUT2D eigenvalue weighted by molar-refractivity contribution is 5.98. The van der Waals surface area contributed by atoms with Crippen molar-refractivity contribution in [2.24, 2.45) is 4.99 Å². The number of benzene rings is 2. The van der Waals surface area contributed by atoms with E-state index in [1.54, 1.807) is 0 Å². The lowest BCUT2D eigenvalue weighted by molar-refractivity contribution is 0.0375. The quantitative estimate of drug-likeness (QED) is 0.887. The minimum atomic E-state index is -0.403. The van der Waals surface area contributed by atoms with E-state index >= 15 is 0 Å². The number of ether oxygens (including phenoxy) is 2. The summed E-state index contributed by atoms with van der Waals surface area (Å²) < 4.78 is 11.2. The van der Waals surface area contributed by atoms with Crippen LogP contribution in [-0.4, -0.2) is 19.0 Å². The normalized spacial score (nSPS) is 16.6. The Hall–Kier alpha value is -2.53. The number of rotatable bonds is 6. The fourth-order valence-corrected chi connectivity index (χ4v) is 2.37. The molecule has 120 valence electrons. The van der Waals surface area contributed by atoms with Gasteiger partial charge in [-0.15, -0.1) is 0 Å². The van der Waals surface area contributed by atoms with Gasteiger partial charge in [-0.3, -0.25) is 0 Å². The molecule has 1 aliphatic rings. The van der Waals surface area contributed by atoms with Crippen LogP contribution in [0.4, 0.5) is 0 Å². The first kappa shape index (κ1) is 15.4. The Morgan fingerprint density at radius 3 is 2.48 bits per heavy atom. The third kappa shape index (κ3) is 3.46. The summed E-state index contributed by atoms with van der Waals surface area (Å²) in [6, 6.07) is 15.6. The molecule has 2 aromatic carbocycles. The molecule has 0 saturated carbocycles. The Bertz CT molecular complexity index is 686. The first-order valence-corrected chi connectivity index (χ1v) is 7.76. The Morgan fingerprint density at radius 2 is 1.74 bits per heavy atom. The summed E-state index contributed by atoms with van der Waals surface area (Å²) in [7, 11) is 0. The lowest BCUT2D eigenvalue weighted by Crippen LogP contribution is -2.17. The monoisotopic (exact) mass is 312 g/mol. The summed E-state index contributed by atoms with van der Waals surface area (Å²) in [6.07, 6.45) is -0.403. The zero-order valence-corrected chi connectivity index (χ0v) is 13.3. The van der Waals surface area contributed by atoms with Crippen molar-refractivity contribution in [3.8, 4) is 11.5 Å². The van der Waals surface area contributed by atoms with Crippen LogP contribution in [0, 0.1) is 0 Å². The van der Waals surface area contributed by atoms with E-state index in [1.807, 2.05) is 62.4 Å². The molecule has 3 rings (SSSR count).